The lowest BCUT2D eigenvalue weighted by atomic mass is 9.65. The van der Waals surface area contributed by atoms with E-state index in [1.807, 2.05) is 18.2 Å². The number of nitrogens with zero attached hydrogens (tertiary/aromatic N) is 2. The summed E-state index contributed by atoms with van der Waals surface area (Å²) < 4.78 is 0. The van der Waals surface area contributed by atoms with Gasteiger partial charge in [-0.15, -0.1) is 0 Å². The Labute approximate surface area is 306 Å². The largest absolute Gasteiger partial charge is 0.228 e. The first kappa shape index (κ1) is 31.8. The van der Waals surface area contributed by atoms with Gasteiger partial charge in [0.05, 0.1) is 11.4 Å². The van der Waals surface area contributed by atoms with E-state index >= 15 is 0 Å². The van der Waals surface area contributed by atoms with Crippen molar-refractivity contribution in [1.29, 1.82) is 0 Å². The molecule has 0 unspecified atom stereocenters. The van der Waals surface area contributed by atoms with Gasteiger partial charge in [0.15, 0.2) is 5.82 Å². The predicted octanol–water partition coefficient (Wildman–Crippen LogP) is 13.2. The molecular formula is C50H40N2. The van der Waals surface area contributed by atoms with Crippen LogP contribution in [-0.4, -0.2) is 9.97 Å². The summed E-state index contributed by atoms with van der Waals surface area (Å²) in [5.41, 5.74) is 12.8. The van der Waals surface area contributed by atoms with Gasteiger partial charge in [-0.3, -0.25) is 0 Å². The van der Waals surface area contributed by atoms with Crippen molar-refractivity contribution in [2.75, 3.05) is 0 Å². The molecule has 1 fully saturated rings. The van der Waals surface area contributed by atoms with Crippen molar-refractivity contribution in [3.05, 3.63) is 193 Å². The third-order valence-electron chi connectivity index (χ3n) is 11.0. The van der Waals surface area contributed by atoms with Crippen LogP contribution in [0.1, 0.15) is 43.2 Å². The average molecular weight is 669 g/mol. The molecule has 0 N–H and O–H groups in total. The molecule has 0 radical (unpaired) electrons. The Morgan fingerprint density at radius 3 is 1.38 bits per heavy atom. The third kappa shape index (κ3) is 6.22. The average Bonchev–Trinajstić information content (AvgIpc) is 3.24. The van der Waals surface area contributed by atoms with E-state index in [0.717, 1.165) is 46.7 Å². The smallest absolute Gasteiger partial charge is 0.160 e. The minimum absolute atomic E-state index is 0.00518. The molecule has 2 heteroatoms. The van der Waals surface area contributed by atoms with Gasteiger partial charge in [0.2, 0.25) is 0 Å². The Balaban J connectivity index is 1.06. The molecule has 0 spiro atoms. The van der Waals surface area contributed by atoms with E-state index in [0.29, 0.717) is 0 Å². The van der Waals surface area contributed by atoms with E-state index in [9.17, 15) is 0 Å². The Bertz CT molecular complexity index is 2440. The predicted molar refractivity (Wildman–Crippen MR) is 217 cm³/mol. The van der Waals surface area contributed by atoms with Gasteiger partial charge in [0.1, 0.15) is 0 Å². The first-order valence-electron chi connectivity index (χ1n) is 18.5. The van der Waals surface area contributed by atoms with Gasteiger partial charge in [0, 0.05) is 22.1 Å². The molecule has 1 aliphatic carbocycles. The highest BCUT2D eigenvalue weighted by Gasteiger charge is 2.35. The van der Waals surface area contributed by atoms with Gasteiger partial charge in [-0.1, -0.05) is 189 Å². The molecule has 0 amide bonds. The van der Waals surface area contributed by atoms with Crippen LogP contribution in [0.3, 0.4) is 0 Å². The molecule has 1 heterocycles. The lowest BCUT2D eigenvalue weighted by molar-refractivity contribution is 0.346. The molecule has 52 heavy (non-hydrogen) atoms. The summed E-state index contributed by atoms with van der Waals surface area (Å²) in [7, 11) is 0. The van der Waals surface area contributed by atoms with Gasteiger partial charge in [0.25, 0.3) is 0 Å². The highest BCUT2D eigenvalue weighted by atomic mass is 14.9. The molecule has 1 aliphatic rings. The second kappa shape index (κ2) is 13.9. The second-order valence-corrected chi connectivity index (χ2v) is 14.1. The fourth-order valence-electron chi connectivity index (χ4n) is 8.13. The molecule has 0 bridgehead atoms. The van der Waals surface area contributed by atoms with E-state index in [1.165, 1.54) is 63.4 Å². The first-order chi connectivity index (χ1) is 25.7. The number of fused-ring (bicyclic) bond motifs is 1. The fourth-order valence-corrected chi connectivity index (χ4v) is 8.13. The van der Waals surface area contributed by atoms with Gasteiger partial charge in [-0.05, 0) is 69.1 Å². The number of hydrogen-bond donors (Lipinski definition) is 0. The van der Waals surface area contributed by atoms with Crippen molar-refractivity contribution in [1.82, 2.24) is 9.97 Å². The van der Waals surface area contributed by atoms with Crippen LogP contribution in [0.15, 0.2) is 182 Å². The summed E-state index contributed by atoms with van der Waals surface area (Å²) in [6.07, 6.45) is 6.11. The number of rotatable bonds is 7. The van der Waals surface area contributed by atoms with Gasteiger partial charge < -0.3 is 0 Å². The molecule has 250 valence electrons. The lowest BCUT2D eigenvalue weighted by Gasteiger charge is -2.39. The van der Waals surface area contributed by atoms with Crippen molar-refractivity contribution >= 4 is 10.8 Å². The highest BCUT2D eigenvalue weighted by Crippen LogP contribution is 2.46. The molecule has 1 aromatic heterocycles. The molecule has 9 rings (SSSR count). The minimum atomic E-state index is 0.00518. The molecular weight excluding hydrogens is 629 g/mol. The monoisotopic (exact) mass is 668 g/mol. The summed E-state index contributed by atoms with van der Waals surface area (Å²) in [5.74, 6) is 0.736. The fraction of sp³-hybridized carbons (Fsp3) is 0.120. The summed E-state index contributed by atoms with van der Waals surface area (Å²) in [4.78, 5) is 10.2. The van der Waals surface area contributed by atoms with Crippen LogP contribution in [0.4, 0.5) is 0 Å². The molecule has 1 saturated carbocycles. The summed E-state index contributed by atoms with van der Waals surface area (Å²) in [6.45, 7) is 0. The maximum atomic E-state index is 5.13. The minimum Gasteiger partial charge on any atom is -0.228 e. The van der Waals surface area contributed by atoms with Crippen LogP contribution in [0.2, 0.25) is 0 Å². The first-order valence-corrected chi connectivity index (χ1v) is 18.5. The maximum Gasteiger partial charge on any atom is 0.160 e. The summed E-state index contributed by atoms with van der Waals surface area (Å²) in [6, 6.07) is 65.7. The normalized spacial score (nSPS) is 13.9. The van der Waals surface area contributed by atoms with Crippen molar-refractivity contribution in [2.24, 2.45) is 0 Å². The van der Waals surface area contributed by atoms with Crippen molar-refractivity contribution in [3.8, 4) is 56.2 Å². The van der Waals surface area contributed by atoms with Crippen LogP contribution in [-0.2, 0) is 5.41 Å². The van der Waals surface area contributed by atoms with Gasteiger partial charge in [-0.2, -0.15) is 0 Å². The Morgan fingerprint density at radius 2 is 0.769 bits per heavy atom. The Hall–Kier alpha value is -6.12. The van der Waals surface area contributed by atoms with Crippen LogP contribution in [0, 0.1) is 0 Å². The summed E-state index contributed by atoms with van der Waals surface area (Å²) in [5, 5.41) is 2.56. The molecule has 8 aromatic rings. The van der Waals surface area contributed by atoms with E-state index in [1.54, 1.807) is 0 Å². The zero-order chi connectivity index (χ0) is 34.7. The molecule has 0 saturated heterocycles. The van der Waals surface area contributed by atoms with Crippen molar-refractivity contribution < 1.29 is 0 Å². The highest BCUT2D eigenvalue weighted by molar-refractivity contribution is 5.87. The number of aromatic nitrogens is 2. The van der Waals surface area contributed by atoms with Crippen LogP contribution in [0.5, 0.6) is 0 Å². The van der Waals surface area contributed by atoms with Crippen molar-refractivity contribution in [3.63, 3.8) is 0 Å². The van der Waals surface area contributed by atoms with Crippen LogP contribution in [0.25, 0.3) is 66.9 Å². The number of hydrogen-bond acceptors (Lipinski definition) is 2. The number of benzene rings is 7. The van der Waals surface area contributed by atoms with Crippen molar-refractivity contribution in [2.45, 2.75) is 37.5 Å². The van der Waals surface area contributed by atoms with Crippen LogP contribution >= 0.6 is 0 Å². The second-order valence-electron chi connectivity index (χ2n) is 14.1. The van der Waals surface area contributed by atoms with Gasteiger partial charge in [-0.25, -0.2) is 9.97 Å². The molecule has 0 atom stereocenters. The Morgan fingerprint density at radius 1 is 0.327 bits per heavy atom. The topological polar surface area (TPSA) is 25.8 Å². The van der Waals surface area contributed by atoms with Gasteiger partial charge >= 0.3 is 0 Å². The van der Waals surface area contributed by atoms with E-state index in [2.05, 4.69) is 164 Å². The zero-order valence-electron chi connectivity index (χ0n) is 29.3. The molecule has 2 nitrogen and oxygen atoms in total. The third-order valence-corrected chi connectivity index (χ3v) is 11.0. The quantitative estimate of drug-likeness (QED) is 0.169. The summed E-state index contributed by atoms with van der Waals surface area (Å²) >= 11 is 0. The van der Waals surface area contributed by atoms with Crippen LogP contribution < -0.4 is 0 Å². The van der Waals surface area contributed by atoms with E-state index < -0.39 is 0 Å². The Kier molecular flexibility index (Phi) is 8.50. The maximum absolute atomic E-state index is 5.13. The van der Waals surface area contributed by atoms with E-state index in [4.69, 9.17) is 9.97 Å². The SMILES string of the molecule is c1ccc(-c2ccc(-c3cc(-c4ccc(C5(c6ccc(-c7ccc8ccccc8c7)cc6)CCCCC5)cc4)nc(-c4ccccc4)n3)cc2)cc1. The zero-order valence-corrected chi connectivity index (χ0v) is 29.3. The van der Waals surface area contributed by atoms with E-state index in [-0.39, 0.29) is 5.41 Å². The molecule has 0 aliphatic heterocycles. The molecule has 7 aromatic carbocycles. The lowest BCUT2D eigenvalue weighted by Crippen LogP contribution is -2.30. The standard InChI is InChI=1S/C50H40N2/c1-4-12-36(13-5-1)38-18-21-40(22-19-38)47-35-48(52-49(51-47)42-15-6-2-7-16-42)41-26-30-46(31-27-41)50(32-10-3-11-33-50)45-28-24-39(25-29-45)44-23-20-37-14-8-9-17-43(37)34-44/h1-2,4-9,12-31,34-35H,3,10-11,32-33H2.